The molecule has 2 aromatic rings. The van der Waals surface area contributed by atoms with Crippen LogP contribution in [0.4, 0.5) is 19.0 Å². The molecule has 0 spiro atoms. The zero-order chi connectivity index (χ0) is 15.5. The van der Waals surface area contributed by atoms with Crippen LogP contribution in [0.1, 0.15) is 26.3 Å². The lowest BCUT2D eigenvalue weighted by Gasteiger charge is -2.12. The summed E-state index contributed by atoms with van der Waals surface area (Å²) in [5.41, 5.74) is -1.22. The van der Waals surface area contributed by atoms with Gasteiger partial charge in [-0.3, -0.25) is 9.59 Å². The van der Waals surface area contributed by atoms with Gasteiger partial charge in [-0.1, -0.05) is 12.1 Å². The Morgan fingerprint density at radius 2 is 1.86 bits per heavy atom. The van der Waals surface area contributed by atoms with Crippen molar-refractivity contribution < 1.29 is 22.8 Å². The van der Waals surface area contributed by atoms with Crippen molar-refractivity contribution in [1.29, 1.82) is 0 Å². The van der Waals surface area contributed by atoms with E-state index < -0.39 is 23.2 Å². The fourth-order valence-corrected chi connectivity index (χ4v) is 1.66. The maximum Gasteiger partial charge on any atom is 0.417 e. The topological polar surface area (TPSA) is 59.1 Å². The summed E-state index contributed by atoms with van der Waals surface area (Å²) in [5, 5.41) is 2.26. The molecule has 1 aromatic carbocycles. The lowest BCUT2D eigenvalue weighted by Crippen LogP contribution is -2.19. The number of carbonyl (C=O) groups is 2. The number of nitrogens with zero attached hydrogens (tertiary/aromatic N) is 1. The number of nitrogens with one attached hydrogen (secondary N) is 1. The van der Waals surface area contributed by atoms with Crippen molar-refractivity contribution >= 4 is 18.0 Å². The van der Waals surface area contributed by atoms with E-state index in [1.165, 1.54) is 30.5 Å². The molecule has 0 aliphatic heterocycles. The van der Waals surface area contributed by atoms with E-state index in [0.29, 0.717) is 11.8 Å². The number of halogens is 3. The molecule has 21 heavy (non-hydrogen) atoms. The van der Waals surface area contributed by atoms with Gasteiger partial charge in [-0.25, -0.2) is 4.98 Å². The minimum atomic E-state index is -4.62. The number of aldehydes is 1. The van der Waals surface area contributed by atoms with Crippen LogP contribution in [0.2, 0.25) is 0 Å². The Bertz CT molecular complexity index is 667. The number of hydrogen-bond donors (Lipinski definition) is 1. The summed E-state index contributed by atoms with van der Waals surface area (Å²) in [7, 11) is 0. The summed E-state index contributed by atoms with van der Waals surface area (Å²) in [6.45, 7) is 0. The smallest absolute Gasteiger partial charge is 0.307 e. The molecular formula is C14H9F3N2O2. The highest BCUT2D eigenvalue weighted by molar-refractivity contribution is 6.05. The predicted octanol–water partition coefficient (Wildman–Crippen LogP) is 3.17. The van der Waals surface area contributed by atoms with Crippen molar-refractivity contribution in [1.82, 2.24) is 4.98 Å². The average Bonchev–Trinajstić information content (AvgIpc) is 2.47. The molecular weight excluding hydrogens is 285 g/mol. The first-order chi connectivity index (χ1) is 9.91. The van der Waals surface area contributed by atoms with Crippen LogP contribution in [0.25, 0.3) is 0 Å². The van der Waals surface area contributed by atoms with Crippen molar-refractivity contribution in [3.8, 4) is 0 Å². The van der Waals surface area contributed by atoms with Crippen LogP contribution in [0, 0.1) is 0 Å². The van der Waals surface area contributed by atoms with Crippen molar-refractivity contribution in [2.24, 2.45) is 0 Å². The minimum absolute atomic E-state index is 0.0579. The maximum absolute atomic E-state index is 12.8. The number of hydrogen-bond acceptors (Lipinski definition) is 3. The van der Waals surface area contributed by atoms with Gasteiger partial charge in [-0.15, -0.1) is 0 Å². The van der Waals surface area contributed by atoms with Crippen LogP contribution >= 0.6 is 0 Å². The van der Waals surface area contributed by atoms with Gasteiger partial charge in [-0.05, 0) is 24.3 Å². The van der Waals surface area contributed by atoms with Crippen molar-refractivity contribution in [3.63, 3.8) is 0 Å². The van der Waals surface area contributed by atoms with Crippen molar-refractivity contribution in [2.45, 2.75) is 6.18 Å². The molecule has 0 atom stereocenters. The molecule has 7 heteroatoms. The predicted molar refractivity (Wildman–Crippen MR) is 69.0 cm³/mol. The van der Waals surface area contributed by atoms with Crippen LogP contribution < -0.4 is 5.32 Å². The molecule has 0 aliphatic rings. The molecule has 0 bridgehead atoms. The normalized spacial score (nSPS) is 11.0. The number of aromatic nitrogens is 1. The fourth-order valence-electron chi connectivity index (χ4n) is 1.66. The van der Waals surface area contributed by atoms with Crippen LogP contribution in [-0.2, 0) is 6.18 Å². The van der Waals surface area contributed by atoms with Gasteiger partial charge in [0.1, 0.15) is 5.82 Å². The van der Waals surface area contributed by atoms with E-state index in [4.69, 9.17) is 0 Å². The maximum atomic E-state index is 12.8. The minimum Gasteiger partial charge on any atom is -0.307 e. The quantitative estimate of drug-likeness (QED) is 0.885. The Kier molecular flexibility index (Phi) is 4.02. The number of amides is 1. The van der Waals surface area contributed by atoms with Crippen LogP contribution in [-0.4, -0.2) is 17.2 Å². The number of pyridine rings is 1. The summed E-state index contributed by atoms with van der Waals surface area (Å²) in [6, 6.07) is 7.18. The van der Waals surface area contributed by atoms with E-state index in [1.54, 1.807) is 0 Å². The zero-order valence-corrected chi connectivity index (χ0v) is 10.5. The van der Waals surface area contributed by atoms with Crippen LogP contribution in [0.5, 0.6) is 0 Å². The molecule has 1 heterocycles. The molecule has 1 aromatic heterocycles. The van der Waals surface area contributed by atoms with Gasteiger partial charge in [-0.2, -0.15) is 13.2 Å². The Hall–Kier alpha value is -2.70. The molecule has 0 saturated carbocycles. The molecule has 2 rings (SSSR count). The van der Waals surface area contributed by atoms with Gasteiger partial charge < -0.3 is 5.32 Å². The van der Waals surface area contributed by atoms with Crippen molar-refractivity contribution in [3.05, 3.63) is 59.3 Å². The summed E-state index contributed by atoms with van der Waals surface area (Å²) in [6.07, 6.45) is -2.85. The first-order valence-electron chi connectivity index (χ1n) is 5.80. The van der Waals surface area contributed by atoms with Gasteiger partial charge in [0.2, 0.25) is 0 Å². The highest BCUT2D eigenvalue weighted by atomic mass is 19.4. The zero-order valence-electron chi connectivity index (χ0n) is 10.5. The molecule has 0 aliphatic carbocycles. The van der Waals surface area contributed by atoms with Gasteiger partial charge in [0.15, 0.2) is 6.29 Å². The largest absolute Gasteiger partial charge is 0.417 e. The number of anilines is 1. The molecule has 0 saturated heterocycles. The number of rotatable bonds is 3. The second-order valence-corrected chi connectivity index (χ2v) is 4.09. The van der Waals surface area contributed by atoms with Crippen LogP contribution in [0.15, 0.2) is 42.6 Å². The molecule has 0 fully saturated rings. The summed E-state index contributed by atoms with van der Waals surface area (Å²) in [4.78, 5) is 26.1. The first-order valence-corrected chi connectivity index (χ1v) is 5.80. The molecule has 0 radical (unpaired) electrons. The third-order valence-electron chi connectivity index (χ3n) is 2.64. The second kappa shape index (κ2) is 5.74. The number of benzene rings is 1. The Labute approximate surface area is 117 Å². The highest BCUT2D eigenvalue weighted by Gasteiger charge is 2.34. The van der Waals surface area contributed by atoms with E-state index in [0.717, 1.165) is 12.1 Å². The Morgan fingerprint density at radius 1 is 1.14 bits per heavy atom. The van der Waals surface area contributed by atoms with E-state index in [2.05, 4.69) is 10.3 Å². The fraction of sp³-hybridized carbons (Fsp3) is 0.0714. The number of carbonyl (C=O) groups excluding carboxylic acids is 2. The molecule has 0 unspecified atom stereocenters. The van der Waals surface area contributed by atoms with Gasteiger partial charge >= 0.3 is 6.18 Å². The van der Waals surface area contributed by atoms with E-state index in [1.807, 2.05) is 0 Å². The number of alkyl halides is 3. The van der Waals surface area contributed by atoms with Gasteiger partial charge in [0.25, 0.3) is 5.91 Å². The summed E-state index contributed by atoms with van der Waals surface area (Å²) < 4.78 is 38.4. The van der Waals surface area contributed by atoms with Crippen molar-refractivity contribution in [2.75, 3.05) is 5.32 Å². The van der Waals surface area contributed by atoms with E-state index in [9.17, 15) is 22.8 Å². The van der Waals surface area contributed by atoms with E-state index in [-0.39, 0.29) is 5.82 Å². The average molecular weight is 294 g/mol. The Morgan fingerprint density at radius 3 is 2.43 bits per heavy atom. The third-order valence-corrected chi connectivity index (χ3v) is 2.64. The lowest BCUT2D eigenvalue weighted by molar-refractivity contribution is -0.137. The highest BCUT2D eigenvalue weighted by Crippen LogP contribution is 2.32. The molecule has 108 valence electrons. The molecule has 1 amide bonds. The summed E-state index contributed by atoms with van der Waals surface area (Å²) in [5.74, 6) is -0.864. The summed E-state index contributed by atoms with van der Waals surface area (Å²) >= 11 is 0. The first kappa shape index (κ1) is 14.7. The van der Waals surface area contributed by atoms with E-state index >= 15 is 0 Å². The molecule has 4 nitrogen and oxygen atoms in total. The lowest BCUT2D eigenvalue weighted by atomic mass is 10.1. The SMILES string of the molecule is O=Cc1ccc(NC(=O)c2ccccc2C(F)(F)F)nc1. The second-order valence-electron chi connectivity index (χ2n) is 4.09. The van der Waals surface area contributed by atoms with Gasteiger partial charge in [0.05, 0.1) is 11.1 Å². The third kappa shape index (κ3) is 3.44. The monoisotopic (exact) mass is 294 g/mol. The standard InChI is InChI=1S/C14H9F3N2O2/c15-14(16,17)11-4-2-1-3-10(11)13(21)19-12-6-5-9(8-20)7-18-12/h1-8H,(H,18,19,21). The van der Waals surface area contributed by atoms with Crippen LogP contribution in [0.3, 0.4) is 0 Å². The van der Waals surface area contributed by atoms with Gasteiger partial charge in [0, 0.05) is 11.8 Å². The molecule has 1 N–H and O–H groups in total. The Balaban J connectivity index is 2.26.